The van der Waals surface area contributed by atoms with Crippen LogP contribution in [0.2, 0.25) is 5.15 Å². The Bertz CT molecular complexity index is 1860. The number of fused-ring (bicyclic) bond motifs is 1. The summed E-state index contributed by atoms with van der Waals surface area (Å²) in [5, 5.41) is -0.00220. The van der Waals surface area contributed by atoms with Crippen LogP contribution in [0.5, 0.6) is 0 Å². The average Bonchev–Trinajstić information content (AvgIpc) is 3.59. The van der Waals surface area contributed by atoms with Crippen LogP contribution >= 0.6 is 11.6 Å². The summed E-state index contributed by atoms with van der Waals surface area (Å²) in [6.07, 6.45) is -2.25. The fraction of sp³-hybridized carbons (Fsp3) is 0.188. The second kappa shape index (κ2) is 12.3. The summed E-state index contributed by atoms with van der Waals surface area (Å²) >= 11 is 6.29. The predicted octanol–water partition coefficient (Wildman–Crippen LogP) is 4.66. The van der Waals surface area contributed by atoms with Crippen LogP contribution in [0.1, 0.15) is 44.2 Å². The lowest BCUT2D eigenvalue weighted by Gasteiger charge is -2.34. The number of hydrogen-bond acceptors (Lipinski definition) is 11. The van der Waals surface area contributed by atoms with Gasteiger partial charge in [0, 0.05) is 0 Å². The number of carbonyl (C=O) groups excluding carboxylic acids is 3. The van der Waals surface area contributed by atoms with Crippen molar-refractivity contribution in [3.63, 3.8) is 0 Å². The molecule has 0 spiro atoms. The second-order valence-corrected chi connectivity index (χ2v) is 10.7. The number of anilines is 1. The number of halogens is 1. The molecule has 12 nitrogen and oxygen atoms in total. The molecule has 2 N–H and O–H groups in total. The molecule has 1 fully saturated rings. The van der Waals surface area contributed by atoms with Gasteiger partial charge in [0.1, 0.15) is 18.2 Å². The van der Waals surface area contributed by atoms with Gasteiger partial charge in [0.2, 0.25) is 5.95 Å². The fourth-order valence-corrected chi connectivity index (χ4v) is 5.35. The van der Waals surface area contributed by atoms with Gasteiger partial charge in [-0.1, -0.05) is 66.2 Å². The summed E-state index contributed by atoms with van der Waals surface area (Å²) in [6.45, 7) is 1.19. The lowest BCUT2D eigenvalue weighted by atomic mass is 9.95. The molecule has 0 saturated carbocycles. The molecule has 0 bridgehead atoms. The van der Waals surface area contributed by atoms with Crippen LogP contribution in [-0.2, 0) is 18.9 Å². The Hall–Kier alpha value is -5.33. The Morgan fingerprint density at radius 3 is 2.02 bits per heavy atom. The van der Waals surface area contributed by atoms with E-state index in [9.17, 15) is 14.4 Å². The topological polar surface area (TPSA) is 158 Å². The summed E-state index contributed by atoms with van der Waals surface area (Å²) in [4.78, 5) is 52.5. The fourth-order valence-electron chi connectivity index (χ4n) is 5.13. The minimum Gasteiger partial charge on any atom is -0.459 e. The first kappa shape index (κ1) is 29.7. The van der Waals surface area contributed by atoms with Crippen molar-refractivity contribution in [1.82, 2.24) is 19.5 Å². The lowest BCUT2D eigenvalue weighted by Crippen LogP contribution is -2.50. The molecular formula is C32H26ClN5O7. The quantitative estimate of drug-likeness (QED) is 0.145. The van der Waals surface area contributed by atoms with Crippen LogP contribution in [0, 0.1) is 0 Å². The highest BCUT2D eigenvalue weighted by Gasteiger charge is 2.60. The molecule has 2 unspecified atom stereocenters. The maximum absolute atomic E-state index is 13.6. The first-order valence-electron chi connectivity index (χ1n) is 13.8. The third-order valence-electron chi connectivity index (χ3n) is 7.30. The number of esters is 3. The monoisotopic (exact) mass is 627 g/mol. The third kappa shape index (κ3) is 5.93. The smallest absolute Gasteiger partial charge is 0.338 e. The highest BCUT2D eigenvalue weighted by molar-refractivity contribution is 6.33. The zero-order valence-electron chi connectivity index (χ0n) is 23.8. The minimum atomic E-state index is -1.74. The van der Waals surface area contributed by atoms with Gasteiger partial charge in [0.25, 0.3) is 0 Å². The first-order chi connectivity index (χ1) is 21.7. The van der Waals surface area contributed by atoms with E-state index in [4.69, 9.17) is 36.3 Å². The van der Waals surface area contributed by atoms with Crippen molar-refractivity contribution in [3.05, 3.63) is 119 Å². The molecule has 0 aliphatic carbocycles. The zero-order valence-corrected chi connectivity index (χ0v) is 24.5. The number of carbonyl (C=O) groups is 3. The number of benzene rings is 3. The third-order valence-corrected chi connectivity index (χ3v) is 7.56. The summed E-state index contributed by atoms with van der Waals surface area (Å²) in [7, 11) is 0. The van der Waals surface area contributed by atoms with Crippen molar-refractivity contribution in [2.45, 2.75) is 31.0 Å². The Morgan fingerprint density at radius 1 is 0.867 bits per heavy atom. The predicted molar refractivity (Wildman–Crippen MR) is 161 cm³/mol. The van der Waals surface area contributed by atoms with Crippen molar-refractivity contribution >= 4 is 46.6 Å². The molecule has 0 radical (unpaired) electrons. The van der Waals surface area contributed by atoms with E-state index in [-0.39, 0.29) is 40.0 Å². The lowest BCUT2D eigenvalue weighted by molar-refractivity contribution is -0.108. The summed E-state index contributed by atoms with van der Waals surface area (Å²) in [5.41, 5.74) is 5.35. The second-order valence-electron chi connectivity index (χ2n) is 10.3. The van der Waals surface area contributed by atoms with E-state index in [0.29, 0.717) is 5.56 Å². The molecule has 1 aliphatic rings. The van der Waals surface area contributed by atoms with E-state index in [1.165, 1.54) is 10.9 Å². The van der Waals surface area contributed by atoms with Gasteiger partial charge in [-0.2, -0.15) is 9.97 Å². The van der Waals surface area contributed by atoms with E-state index in [1.54, 1.807) is 97.9 Å². The highest BCUT2D eigenvalue weighted by atomic mass is 35.5. The summed E-state index contributed by atoms with van der Waals surface area (Å²) in [5.74, 6) is -2.18. The van der Waals surface area contributed by atoms with E-state index < -0.39 is 41.9 Å². The number of aromatic nitrogens is 4. The molecule has 5 aromatic rings. The van der Waals surface area contributed by atoms with Crippen LogP contribution < -0.4 is 5.73 Å². The molecule has 228 valence electrons. The number of nitrogens with two attached hydrogens (primary N) is 1. The number of rotatable bonds is 8. The van der Waals surface area contributed by atoms with Crippen LogP contribution in [0.3, 0.4) is 0 Å². The van der Waals surface area contributed by atoms with Gasteiger partial charge in [0.15, 0.2) is 28.7 Å². The largest absolute Gasteiger partial charge is 0.459 e. The van der Waals surface area contributed by atoms with Gasteiger partial charge >= 0.3 is 17.9 Å². The molecule has 13 heteroatoms. The van der Waals surface area contributed by atoms with Crippen LogP contribution in [0.15, 0.2) is 97.3 Å². The molecule has 1 aliphatic heterocycles. The standard InChI is InChI=1S/C32H26ClN5O7/c1-32(45-29(41)21-15-9-4-10-16-21)24(44-28(40)20-13-7-3-8-14-20)22(17-42-27(39)19-11-5-2-6-12-19)43-30(32)38-18-35-23-25(33)36-31(34)37-26(23)38/h2-16,18,22,24,30H,17H2,1H3,(H2,34,36,37)/t22-,24?,30?,32-/m1/s1. The van der Waals surface area contributed by atoms with Crippen LogP contribution in [0.25, 0.3) is 11.2 Å². The summed E-state index contributed by atoms with van der Waals surface area (Å²) < 4.78 is 25.7. The van der Waals surface area contributed by atoms with Gasteiger partial charge in [-0.25, -0.2) is 19.4 Å². The van der Waals surface area contributed by atoms with E-state index in [0.717, 1.165) is 0 Å². The molecule has 1 saturated heterocycles. The van der Waals surface area contributed by atoms with Gasteiger partial charge in [0.05, 0.1) is 23.0 Å². The number of ether oxygens (including phenoxy) is 4. The number of nitrogens with zero attached hydrogens (tertiary/aromatic N) is 4. The minimum absolute atomic E-state index is 0.00220. The molecule has 4 atom stereocenters. The number of hydrogen-bond donors (Lipinski definition) is 1. The Morgan fingerprint density at radius 2 is 1.42 bits per heavy atom. The van der Waals surface area contributed by atoms with Gasteiger partial charge < -0.3 is 24.7 Å². The van der Waals surface area contributed by atoms with Crippen molar-refractivity contribution in [2.24, 2.45) is 0 Å². The van der Waals surface area contributed by atoms with Crippen LogP contribution in [-0.4, -0.2) is 61.8 Å². The summed E-state index contributed by atoms with van der Waals surface area (Å²) in [6, 6.07) is 25.0. The van der Waals surface area contributed by atoms with Gasteiger partial charge in [-0.3, -0.25) is 4.57 Å². The molecule has 0 amide bonds. The molecule has 2 aromatic heterocycles. The molecule has 3 heterocycles. The zero-order chi connectivity index (χ0) is 31.6. The van der Waals surface area contributed by atoms with Crippen molar-refractivity contribution in [2.75, 3.05) is 12.3 Å². The average molecular weight is 628 g/mol. The molecule has 6 rings (SSSR count). The van der Waals surface area contributed by atoms with Gasteiger partial charge in [-0.05, 0) is 43.3 Å². The van der Waals surface area contributed by atoms with Crippen molar-refractivity contribution in [1.29, 1.82) is 0 Å². The van der Waals surface area contributed by atoms with Crippen molar-refractivity contribution in [3.8, 4) is 0 Å². The Balaban J connectivity index is 1.43. The Labute approximate surface area is 261 Å². The normalized spacial score (nSPS) is 20.9. The maximum atomic E-state index is 13.6. The van der Waals surface area contributed by atoms with Crippen molar-refractivity contribution < 1.29 is 33.3 Å². The van der Waals surface area contributed by atoms with E-state index in [2.05, 4.69) is 15.0 Å². The molecule has 45 heavy (non-hydrogen) atoms. The highest BCUT2D eigenvalue weighted by Crippen LogP contribution is 2.45. The molecular weight excluding hydrogens is 602 g/mol. The van der Waals surface area contributed by atoms with Crippen LogP contribution in [0.4, 0.5) is 5.95 Å². The number of imidazole rings is 1. The van der Waals surface area contributed by atoms with E-state index in [1.807, 2.05) is 0 Å². The van der Waals surface area contributed by atoms with E-state index >= 15 is 0 Å². The molecule has 3 aromatic carbocycles. The SMILES string of the molecule is C[C@@]1(OC(=O)c2ccccc2)C(OC(=O)c2ccccc2)[C@@H](COC(=O)c2ccccc2)OC1n1cnc2c(Cl)nc(N)nc21. The van der Waals surface area contributed by atoms with Gasteiger partial charge in [-0.15, -0.1) is 0 Å². The number of nitrogen functional groups attached to an aromatic ring is 1. The Kier molecular flexibility index (Phi) is 8.16. The first-order valence-corrected chi connectivity index (χ1v) is 14.2. The maximum Gasteiger partial charge on any atom is 0.338 e.